The van der Waals surface area contributed by atoms with Crippen molar-refractivity contribution in [3.63, 3.8) is 0 Å². The van der Waals surface area contributed by atoms with E-state index < -0.39 is 0 Å². The van der Waals surface area contributed by atoms with E-state index in [0.29, 0.717) is 12.1 Å². The van der Waals surface area contributed by atoms with Gasteiger partial charge in [0.2, 0.25) is 0 Å². The van der Waals surface area contributed by atoms with Gasteiger partial charge in [-0.3, -0.25) is 0 Å². The third-order valence-corrected chi connectivity index (χ3v) is 5.80. The Morgan fingerprint density at radius 1 is 1.00 bits per heavy atom. The minimum absolute atomic E-state index is 0.627. The first-order valence-corrected chi connectivity index (χ1v) is 9.55. The van der Waals surface area contributed by atoms with Crippen LogP contribution in [0.1, 0.15) is 42.4 Å². The molecule has 2 aliphatic heterocycles. The summed E-state index contributed by atoms with van der Waals surface area (Å²) in [5.41, 5.74) is 6.83. The number of hydrogen-bond acceptors (Lipinski definition) is 3. The van der Waals surface area contributed by atoms with Crippen LogP contribution in [0, 0.1) is 20.8 Å². The van der Waals surface area contributed by atoms with E-state index >= 15 is 0 Å². The Kier molecular flexibility index (Phi) is 4.32. The van der Waals surface area contributed by atoms with E-state index in [4.69, 9.17) is 0 Å². The van der Waals surface area contributed by atoms with Crippen LogP contribution in [0.2, 0.25) is 0 Å². The molecule has 3 heteroatoms. The summed E-state index contributed by atoms with van der Waals surface area (Å²) in [7, 11) is 0. The summed E-state index contributed by atoms with van der Waals surface area (Å²) in [6.45, 7) is 7.72. The highest BCUT2D eigenvalue weighted by molar-refractivity contribution is 5.62. The fourth-order valence-corrected chi connectivity index (χ4v) is 4.89. The molecule has 1 saturated carbocycles. The minimum atomic E-state index is 0.627. The van der Waals surface area contributed by atoms with Crippen molar-refractivity contribution in [3.05, 3.63) is 65.1 Å². The van der Waals surface area contributed by atoms with Gasteiger partial charge in [-0.2, -0.15) is 0 Å². The van der Waals surface area contributed by atoms with Gasteiger partial charge in [0.05, 0.1) is 24.4 Å². The zero-order valence-electron chi connectivity index (χ0n) is 15.6. The molecular weight excluding hydrogens is 306 g/mol. The fourth-order valence-electron chi connectivity index (χ4n) is 4.89. The van der Waals surface area contributed by atoms with Crippen LogP contribution >= 0.6 is 0 Å². The van der Waals surface area contributed by atoms with Crippen molar-refractivity contribution in [1.29, 1.82) is 0 Å². The second kappa shape index (κ2) is 6.62. The van der Waals surface area contributed by atoms with Crippen molar-refractivity contribution in [1.82, 2.24) is 10.2 Å². The molecule has 0 radical (unpaired) electrons. The number of anilines is 1. The van der Waals surface area contributed by atoms with Crippen LogP contribution < -0.4 is 10.2 Å². The van der Waals surface area contributed by atoms with Gasteiger partial charge in [0.1, 0.15) is 0 Å². The summed E-state index contributed by atoms with van der Waals surface area (Å²) in [4.78, 5) is 5.24. The van der Waals surface area contributed by atoms with Crippen LogP contribution in [0.5, 0.6) is 0 Å². The number of aryl methyl sites for hydroxylation is 3. The molecule has 1 aromatic carbocycles. The molecule has 0 aromatic heterocycles. The Morgan fingerprint density at radius 2 is 1.72 bits per heavy atom. The van der Waals surface area contributed by atoms with Gasteiger partial charge in [0.25, 0.3) is 0 Å². The summed E-state index contributed by atoms with van der Waals surface area (Å²) >= 11 is 0. The molecule has 2 heterocycles. The molecule has 2 atom stereocenters. The molecule has 1 N–H and O–H groups in total. The quantitative estimate of drug-likeness (QED) is 0.857. The lowest BCUT2D eigenvalue weighted by atomic mass is 9.89. The molecule has 25 heavy (non-hydrogen) atoms. The Balaban J connectivity index is 1.67. The van der Waals surface area contributed by atoms with Gasteiger partial charge < -0.3 is 15.1 Å². The maximum absolute atomic E-state index is 3.36. The van der Waals surface area contributed by atoms with Crippen molar-refractivity contribution in [3.8, 4) is 0 Å². The van der Waals surface area contributed by atoms with Crippen LogP contribution in [0.3, 0.4) is 0 Å². The van der Waals surface area contributed by atoms with Gasteiger partial charge in [0.15, 0.2) is 0 Å². The first-order chi connectivity index (χ1) is 12.1. The maximum atomic E-state index is 3.36. The second-order valence-corrected chi connectivity index (χ2v) is 7.74. The zero-order chi connectivity index (χ0) is 17.4. The van der Waals surface area contributed by atoms with Gasteiger partial charge in [-0.15, -0.1) is 0 Å². The van der Waals surface area contributed by atoms with Crippen molar-refractivity contribution in [2.75, 3.05) is 11.6 Å². The molecule has 1 aliphatic carbocycles. The number of allylic oxidation sites excluding steroid dienone is 3. The number of hydrogen-bond donors (Lipinski definition) is 1. The Labute approximate surface area is 151 Å². The zero-order valence-corrected chi connectivity index (χ0v) is 15.6. The normalized spacial score (nSPS) is 26.9. The van der Waals surface area contributed by atoms with Gasteiger partial charge in [-0.05, 0) is 56.9 Å². The molecule has 3 aliphatic rings. The van der Waals surface area contributed by atoms with E-state index in [-0.39, 0.29) is 0 Å². The average molecular weight is 335 g/mol. The molecule has 1 aromatic rings. The maximum Gasteiger partial charge on any atom is 0.0906 e. The smallest absolute Gasteiger partial charge is 0.0906 e. The number of benzene rings is 1. The van der Waals surface area contributed by atoms with Crippen LogP contribution in [0.25, 0.3) is 0 Å². The number of rotatable bonds is 2. The highest BCUT2D eigenvalue weighted by Gasteiger charge is 2.41. The average Bonchev–Trinajstić information content (AvgIpc) is 2.94. The Bertz CT molecular complexity index is 721. The molecule has 1 unspecified atom stereocenters. The van der Waals surface area contributed by atoms with Gasteiger partial charge in [-0.1, -0.05) is 36.6 Å². The van der Waals surface area contributed by atoms with Crippen molar-refractivity contribution >= 4 is 5.69 Å². The van der Waals surface area contributed by atoms with Crippen LogP contribution in [0.15, 0.2) is 48.5 Å². The third-order valence-electron chi connectivity index (χ3n) is 5.80. The highest BCUT2D eigenvalue weighted by Crippen LogP contribution is 2.39. The van der Waals surface area contributed by atoms with E-state index in [1.165, 1.54) is 53.8 Å². The Morgan fingerprint density at radius 3 is 2.40 bits per heavy atom. The molecule has 132 valence electrons. The van der Waals surface area contributed by atoms with Gasteiger partial charge >= 0.3 is 0 Å². The number of fused-ring (bicyclic) bond motifs is 1. The van der Waals surface area contributed by atoms with Gasteiger partial charge in [0, 0.05) is 18.1 Å². The first-order valence-electron chi connectivity index (χ1n) is 9.55. The summed E-state index contributed by atoms with van der Waals surface area (Å²) in [5, 5.41) is 3.36. The standard InChI is InChI=1S/C22H29N3/c1-16-12-17(2)22(18(3)13-16)25-15-24(14-19-8-6-7-11-23-19)20-9-4-5-10-21(20)25/h6-8,11-14,20-21,23H,4-5,9-10,15H2,1-3H3/b19-14-/t20?,21-/m1/s1. The van der Waals surface area contributed by atoms with E-state index in [2.05, 4.69) is 66.4 Å². The highest BCUT2D eigenvalue weighted by atomic mass is 15.4. The predicted octanol–water partition coefficient (Wildman–Crippen LogP) is 4.52. The summed E-state index contributed by atoms with van der Waals surface area (Å²) < 4.78 is 0. The van der Waals surface area contributed by atoms with Crippen LogP contribution in [-0.2, 0) is 0 Å². The molecule has 0 spiro atoms. The molecule has 4 rings (SSSR count). The lowest BCUT2D eigenvalue weighted by molar-refractivity contribution is 0.271. The lowest BCUT2D eigenvalue weighted by Gasteiger charge is -2.34. The van der Waals surface area contributed by atoms with E-state index in [0.717, 1.165) is 6.67 Å². The van der Waals surface area contributed by atoms with Crippen molar-refractivity contribution < 1.29 is 0 Å². The topological polar surface area (TPSA) is 18.5 Å². The fraction of sp³-hybridized carbons (Fsp3) is 0.455. The SMILES string of the molecule is Cc1cc(C)c(N2CN(/C=C3/C=CC=CN3)C3CCCC[C@H]32)c(C)c1. The van der Waals surface area contributed by atoms with Crippen LogP contribution in [-0.4, -0.2) is 23.7 Å². The first kappa shape index (κ1) is 16.3. The molecular formula is C22H29N3. The lowest BCUT2D eigenvalue weighted by Crippen LogP contribution is -2.39. The molecule has 2 fully saturated rings. The van der Waals surface area contributed by atoms with E-state index in [9.17, 15) is 0 Å². The number of dihydropyridines is 1. The largest absolute Gasteiger partial charge is 0.361 e. The van der Waals surface area contributed by atoms with Crippen molar-refractivity contribution in [2.24, 2.45) is 0 Å². The third kappa shape index (κ3) is 3.08. The molecule has 3 nitrogen and oxygen atoms in total. The second-order valence-electron chi connectivity index (χ2n) is 7.74. The molecule has 0 amide bonds. The summed E-state index contributed by atoms with van der Waals surface area (Å²) in [6, 6.07) is 5.92. The van der Waals surface area contributed by atoms with Crippen molar-refractivity contribution in [2.45, 2.75) is 58.5 Å². The molecule has 1 saturated heterocycles. The number of nitrogens with one attached hydrogen (secondary N) is 1. The van der Waals surface area contributed by atoms with Gasteiger partial charge in [-0.25, -0.2) is 0 Å². The summed E-state index contributed by atoms with van der Waals surface area (Å²) in [6.07, 6.45) is 15.9. The van der Waals surface area contributed by atoms with Crippen LogP contribution in [0.4, 0.5) is 5.69 Å². The minimum Gasteiger partial charge on any atom is -0.361 e. The summed E-state index contributed by atoms with van der Waals surface area (Å²) in [5.74, 6) is 0. The number of nitrogens with zero attached hydrogens (tertiary/aromatic N) is 2. The Hall–Kier alpha value is -2.16. The predicted molar refractivity (Wildman–Crippen MR) is 105 cm³/mol. The van der Waals surface area contributed by atoms with E-state index in [1.807, 2.05) is 12.3 Å². The monoisotopic (exact) mass is 335 g/mol. The molecule has 0 bridgehead atoms. The van der Waals surface area contributed by atoms with E-state index in [1.54, 1.807) is 0 Å².